The predicted octanol–water partition coefficient (Wildman–Crippen LogP) is 4.78. The van der Waals surface area contributed by atoms with Gasteiger partial charge in [-0.25, -0.2) is 4.79 Å². The lowest BCUT2D eigenvalue weighted by Crippen LogP contribution is -2.47. The molecule has 1 saturated heterocycles. The van der Waals surface area contributed by atoms with Gasteiger partial charge in [0.15, 0.2) is 0 Å². The Bertz CT molecular complexity index is 980. The fraction of sp³-hybridized carbons (Fsp3) is 0.481. The number of carbonyl (C=O) groups excluding carboxylic acids is 2. The molecule has 2 aromatic rings. The van der Waals surface area contributed by atoms with Crippen molar-refractivity contribution in [1.82, 2.24) is 5.32 Å². The minimum absolute atomic E-state index is 0.174. The molecule has 0 aromatic heterocycles. The Morgan fingerprint density at radius 3 is 2.45 bits per heavy atom. The molecule has 1 fully saturated rings. The van der Waals surface area contributed by atoms with E-state index in [9.17, 15) is 9.59 Å². The number of hydrogen-bond donors (Lipinski definition) is 1. The lowest BCUT2D eigenvalue weighted by atomic mass is 9.81. The second-order valence-corrected chi connectivity index (χ2v) is 9.72. The normalized spacial score (nSPS) is 19.0. The zero-order chi connectivity index (χ0) is 24.2. The van der Waals surface area contributed by atoms with Crippen molar-refractivity contribution in [3.05, 3.63) is 64.7 Å². The summed E-state index contributed by atoms with van der Waals surface area (Å²) < 4.78 is 16.5. The van der Waals surface area contributed by atoms with E-state index in [0.29, 0.717) is 12.8 Å². The monoisotopic (exact) mass is 453 g/mol. The SMILES string of the molecule is COc1ccc(C[C@H]2C(=O)OCC2[C@H](Cc2ccccc2)NC(=O)OC(C)(C)C)c(C)c1C. The fourth-order valence-corrected chi connectivity index (χ4v) is 4.38. The Balaban J connectivity index is 1.87. The number of carbonyl (C=O) groups is 2. The molecule has 1 heterocycles. The molecule has 0 bridgehead atoms. The molecular formula is C27H35NO5. The summed E-state index contributed by atoms with van der Waals surface area (Å²) in [6.45, 7) is 9.83. The van der Waals surface area contributed by atoms with Gasteiger partial charge >= 0.3 is 12.1 Å². The molecule has 2 aromatic carbocycles. The second-order valence-electron chi connectivity index (χ2n) is 9.72. The minimum Gasteiger partial charge on any atom is -0.496 e. The van der Waals surface area contributed by atoms with Crippen LogP contribution in [0.15, 0.2) is 42.5 Å². The standard InChI is InChI=1S/C27H35NO5/c1-17-18(2)24(31-6)13-12-20(17)15-21-22(16-32-25(21)29)23(14-19-10-8-7-9-11-19)28-26(30)33-27(3,4)5/h7-13,21-23H,14-16H2,1-6H3,(H,28,30)/t21-,22?,23+/m1/s1. The highest BCUT2D eigenvalue weighted by Crippen LogP contribution is 2.33. The number of benzene rings is 2. The van der Waals surface area contributed by atoms with Crippen LogP contribution in [0.4, 0.5) is 4.79 Å². The van der Waals surface area contributed by atoms with Crippen molar-refractivity contribution in [2.24, 2.45) is 11.8 Å². The van der Waals surface area contributed by atoms with Crippen LogP contribution < -0.4 is 10.1 Å². The first-order chi connectivity index (χ1) is 15.6. The first-order valence-electron chi connectivity index (χ1n) is 11.4. The molecule has 3 atom stereocenters. The van der Waals surface area contributed by atoms with E-state index in [4.69, 9.17) is 14.2 Å². The number of rotatable bonds is 7. The first-order valence-corrected chi connectivity index (χ1v) is 11.4. The number of amides is 1. The van der Waals surface area contributed by atoms with Gasteiger partial charge in [-0.1, -0.05) is 36.4 Å². The number of ether oxygens (including phenoxy) is 3. The zero-order valence-corrected chi connectivity index (χ0v) is 20.4. The van der Waals surface area contributed by atoms with E-state index < -0.39 is 11.7 Å². The van der Waals surface area contributed by atoms with Gasteiger partial charge in [-0.05, 0) is 75.8 Å². The summed E-state index contributed by atoms with van der Waals surface area (Å²) in [6, 6.07) is 13.6. The van der Waals surface area contributed by atoms with Crippen molar-refractivity contribution in [2.45, 2.75) is 59.1 Å². The van der Waals surface area contributed by atoms with Crippen LogP contribution in [0.5, 0.6) is 5.75 Å². The van der Waals surface area contributed by atoms with Crippen LogP contribution in [-0.4, -0.2) is 37.4 Å². The molecule has 0 spiro atoms. The fourth-order valence-electron chi connectivity index (χ4n) is 4.38. The topological polar surface area (TPSA) is 73.9 Å². The van der Waals surface area contributed by atoms with E-state index in [1.165, 1.54) is 0 Å². The maximum atomic E-state index is 12.8. The quantitative estimate of drug-likeness (QED) is 0.611. The van der Waals surface area contributed by atoms with E-state index in [1.54, 1.807) is 7.11 Å². The van der Waals surface area contributed by atoms with Crippen LogP contribution in [-0.2, 0) is 27.1 Å². The maximum absolute atomic E-state index is 12.8. The average Bonchev–Trinajstić information content (AvgIpc) is 3.11. The van der Waals surface area contributed by atoms with Crippen molar-refractivity contribution in [3.8, 4) is 5.75 Å². The summed E-state index contributed by atoms with van der Waals surface area (Å²) in [4.78, 5) is 25.4. The summed E-state index contributed by atoms with van der Waals surface area (Å²) in [5, 5.41) is 3.03. The molecular weight excluding hydrogens is 418 g/mol. The van der Waals surface area contributed by atoms with E-state index in [0.717, 1.165) is 28.0 Å². The summed E-state index contributed by atoms with van der Waals surface area (Å²) in [5.41, 5.74) is 3.71. The van der Waals surface area contributed by atoms with Gasteiger partial charge in [0.05, 0.1) is 19.6 Å². The van der Waals surface area contributed by atoms with Gasteiger partial charge < -0.3 is 19.5 Å². The first kappa shape index (κ1) is 24.6. The van der Waals surface area contributed by atoms with Crippen LogP contribution in [0.1, 0.15) is 43.0 Å². The van der Waals surface area contributed by atoms with Crippen molar-refractivity contribution in [1.29, 1.82) is 0 Å². The molecule has 1 aliphatic heterocycles. The van der Waals surface area contributed by atoms with Crippen molar-refractivity contribution in [2.75, 3.05) is 13.7 Å². The predicted molar refractivity (Wildman–Crippen MR) is 127 cm³/mol. The molecule has 0 radical (unpaired) electrons. The number of cyclic esters (lactones) is 1. The van der Waals surface area contributed by atoms with E-state index in [2.05, 4.69) is 5.32 Å². The Labute approximate surface area is 196 Å². The van der Waals surface area contributed by atoms with Crippen LogP contribution in [0, 0.1) is 25.7 Å². The third kappa shape index (κ3) is 6.28. The third-order valence-corrected chi connectivity index (χ3v) is 6.26. The molecule has 1 amide bonds. The smallest absolute Gasteiger partial charge is 0.407 e. The molecule has 0 saturated carbocycles. The highest BCUT2D eigenvalue weighted by molar-refractivity contribution is 5.76. The number of hydrogen-bond acceptors (Lipinski definition) is 5. The van der Waals surface area contributed by atoms with Gasteiger partial charge in [-0.3, -0.25) is 4.79 Å². The van der Waals surface area contributed by atoms with Gasteiger partial charge in [0, 0.05) is 12.0 Å². The molecule has 1 N–H and O–H groups in total. The van der Waals surface area contributed by atoms with Crippen LogP contribution in [0.25, 0.3) is 0 Å². The Morgan fingerprint density at radius 2 is 1.82 bits per heavy atom. The summed E-state index contributed by atoms with van der Waals surface area (Å²) >= 11 is 0. The van der Waals surface area contributed by atoms with Gasteiger partial charge in [-0.15, -0.1) is 0 Å². The van der Waals surface area contributed by atoms with Crippen LogP contribution >= 0.6 is 0 Å². The molecule has 3 rings (SSSR count). The second kappa shape index (κ2) is 10.3. The summed E-state index contributed by atoms with van der Waals surface area (Å²) in [7, 11) is 1.66. The Hall–Kier alpha value is -3.02. The Kier molecular flexibility index (Phi) is 7.67. The van der Waals surface area contributed by atoms with E-state index in [-0.39, 0.29) is 30.5 Å². The van der Waals surface area contributed by atoms with Gasteiger partial charge in [0.25, 0.3) is 0 Å². The van der Waals surface area contributed by atoms with Gasteiger partial charge in [-0.2, -0.15) is 0 Å². The van der Waals surface area contributed by atoms with Crippen molar-refractivity contribution < 1.29 is 23.8 Å². The molecule has 1 aliphatic rings. The molecule has 6 nitrogen and oxygen atoms in total. The number of esters is 1. The molecule has 33 heavy (non-hydrogen) atoms. The van der Waals surface area contributed by atoms with Crippen molar-refractivity contribution >= 4 is 12.1 Å². The molecule has 0 aliphatic carbocycles. The lowest BCUT2D eigenvalue weighted by molar-refractivity contribution is -0.141. The van der Waals surface area contributed by atoms with E-state index in [1.807, 2.05) is 77.1 Å². The van der Waals surface area contributed by atoms with Crippen LogP contribution in [0.2, 0.25) is 0 Å². The lowest BCUT2D eigenvalue weighted by Gasteiger charge is -2.29. The van der Waals surface area contributed by atoms with Crippen LogP contribution in [0.3, 0.4) is 0 Å². The number of nitrogens with one attached hydrogen (secondary N) is 1. The molecule has 178 valence electrons. The third-order valence-electron chi connectivity index (χ3n) is 6.26. The highest BCUT2D eigenvalue weighted by Gasteiger charge is 2.42. The Morgan fingerprint density at radius 1 is 1.12 bits per heavy atom. The van der Waals surface area contributed by atoms with Gasteiger partial charge in [0.2, 0.25) is 0 Å². The maximum Gasteiger partial charge on any atom is 0.407 e. The zero-order valence-electron chi connectivity index (χ0n) is 20.4. The molecule has 1 unspecified atom stereocenters. The van der Waals surface area contributed by atoms with Gasteiger partial charge in [0.1, 0.15) is 11.4 Å². The number of methoxy groups -OCH3 is 1. The highest BCUT2D eigenvalue weighted by atomic mass is 16.6. The largest absolute Gasteiger partial charge is 0.496 e. The van der Waals surface area contributed by atoms with E-state index >= 15 is 0 Å². The average molecular weight is 454 g/mol. The summed E-state index contributed by atoms with van der Waals surface area (Å²) in [6.07, 6.45) is 0.637. The summed E-state index contributed by atoms with van der Waals surface area (Å²) in [5.74, 6) is 0.0689. The number of alkyl carbamates (subject to hydrolysis) is 1. The van der Waals surface area contributed by atoms with Crippen molar-refractivity contribution in [3.63, 3.8) is 0 Å². The minimum atomic E-state index is -0.611. The molecule has 6 heteroatoms.